The lowest BCUT2D eigenvalue weighted by atomic mass is 10.1. The van der Waals surface area contributed by atoms with Gasteiger partial charge >= 0.3 is 0 Å². The molecule has 0 amide bonds. The first-order valence-electron chi connectivity index (χ1n) is 10.2. The molecule has 3 aromatic rings. The normalized spacial score (nSPS) is 10.6. The minimum Gasteiger partial charge on any atom is -0.497 e. The third kappa shape index (κ3) is 7.28. The lowest BCUT2D eigenvalue weighted by molar-refractivity contribution is 0.217. The molecular weight excluding hydrogens is 422 g/mol. The van der Waals surface area contributed by atoms with Crippen LogP contribution in [0.5, 0.6) is 17.2 Å². The van der Waals surface area contributed by atoms with Crippen molar-refractivity contribution in [3.05, 3.63) is 83.4 Å². The number of methoxy groups -OCH3 is 1. The van der Waals surface area contributed by atoms with E-state index >= 15 is 0 Å². The Morgan fingerprint density at radius 3 is 2.25 bits per heavy atom. The maximum Gasteiger partial charge on any atom is 0.191 e. The molecule has 166 valence electrons. The van der Waals surface area contributed by atoms with E-state index in [1.807, 2.05) is 80.6 Å². The largest absolute Gasteiger partial charge is 0.497 e. The Hall–Kier alpha value is -3.58. The molecule has 0 aliphatic heterocycles. The van der Waals surface area contributed by atoms with E-state index in [-0.39, 0.29) is 0 Å². The van der Waals surface area contributed by atoms with Crippen LogP contribution in [0.25, 0.3) is 0 Å². The molecule has 0 heterocycles. The zero-order valence-electron chi connectivity index (χ0n) is 18.4. The number of nitrogens with one attached hydrogen (secondary N) is 2. The van der Waals surface area contributed by atoms with Gasteiger partial charge in [0.1, 0.15) is 30.5 Å². The fourth-order valence-corrected chi connectivity index (χ4v) is 3.01. The van der Waals surface area contributed by atoms with E-state index in [1.54, 1.807) is 13.3 Å². The summed E-state index contributed by atoms with van der Waals surface area (Å²) in [4.78, 5) is 0. The Labute approximate surface area is 194 Å². The van der Waals surface area contributed by atoms with Crippen LogP contribution in [0.3, 0.4) is 0 Å². The summed E-state index contributed by atoms with van der Waals surface area (Å²) in [6.07, 6.45) is 1.69. The molecule has 0 unspecified atom stereocenters. The van der Waals surface area contributed by atoms with Gasteiger partial charge in [0, 0.05) is 11.3 Å². The first-order chi connectivity index (χ1) is 15.5. The van der Waals surface area contributed by atoms with Gasteiger partial charge in [-0.25, -0.2) is 0 Å². The van der Waals surface area contributed by atoms with Crippen LogP contribution < -0.4 is 25.0 Å². The summed E-state index contributed by atoms with van der Waals surface area (Å²) >= 11 is 5.30. The number of aryl methyl sites for hydroxylation is 2. The summed E-state index contributed by atoms with van der Waals surface area (Å²) in [6.45, 7) is 4.87. The lowest BCUT2D eigenvalue weighted by Gasteiger charge is -2.11. The van der Waals surface area contributed by atoms with Gasteiger partial charge in [-0.1, -0.05) is 29.3 Å². The van der Waals surface area contributed by atoms with Crippen molar-refractivity contribution < 1.29 is 14.2 Å². The van der Waals surface area contributed by atoms with E-state index in [0.717, 1.165) is 34.1 Å². The van der Waals surface area contributed by atoms with Gasteiger partial charge in [0.15, 0.2) is 5.11 Å². The van der Waals surface area contributed by atoms with Crippen LogP contribution in [0.2, 0.25) is 0 Å². The van der Waals surface area contributed by atoms with E-state index in [4.69, 9.17) is 26.4 Å². The number of anilines is 1. The van der Waals surface area contributed by atoms with Gasteiger partial charge in [-0.2, -0.15) is 5.10 Å². The van der Waals surface area contributed by atoms with Gasteiger partial charge < -0.3 is 19.5 Å². The van der Waals surface area contributed by atoms with Crippen molar-refractivity contribution in [1.82, 2.24) is 5.43 Å². The highest BCUT2D eigenvalue weighted by molar-refractivity contribution is 7.80. The van der Waals surface area contributed by atoms with Crippen LogP contribution in [0.1, 0.15) is 16.7 Å². The van der Waals surface area contributed by atoms with Crippen LogP contribution in [0.4, 0.5) is 5.69 Å². The number of hydrogen-bond acceptors (Lipinski definition) is 5. The van der Waals surface area contributed by atoms with Crippen molar-refractivity contribution in [3.63, 3.8) is 0 Å². The molecule has 6 nitrogen and oxygen atoms in total. The molecule has 0 radical (unpaired) electrons. The van der Waals surface area contributed by atoms with Crippen molar-refractivity contribution in [2.24, 2.45) is 5.10 Å². The zero-order valence-corrected chi connectivity index (χ0v) is 19.2. The predicted octanol–water partition coefficient (Wildman–Crippen LogP) is 5.09. The Balaban J connectivity index is 1.50. The standard InChI is InChI=1S/C25H27N3O3S/c1-18-4-7-21(8-5-18)27-25(32)28-26-17-20-16-19(2)6-13-24(20)31-15-14-30-23-11-9-22(29-3)10-12-23/h4-13,16-17H,14-15H2,1-3H3,(H2,27,28,32)/b26-17+. The van der Waals surface area contributed by atoms with Crippen molar-refractivity contribution >= 4 is 29.2 Å². The number of ether oxygens (including phenoxy) is 3. The van der Waals surface area contributed by atoms with Crippen LogP contribution >= 0.6 is 12.2 Å². The number of benzene rings is 3. The Kier molecular flexibility index (Phi) is 8.45. The molecule has 0 aliphatic rings. The Morgan fingerprint density at radius 1 is 0.875 bits per heavy atom. The number of hydrogen-bond donors (Lipinski definition) is 2. The number of nitrogens with zero attached hydrogens (tertiary/aromatic N) is 1. The topological polar surface area (TPSA) is 64.1 Å². The highest BCUT2D eigenvalue weighted by Crippen LogP contribution is 2.19. The molecule has 7 heteroatoms. The lowest BCUT2D eigenvalue weighted by Crippen LogP contribution is -2.23. The molecule has 0 saturated heterocycles. The molecule has 0 aromatic heterocycles. The summed E-state index contributed by atoms with van der Waals surface area (Å²) in [5, 5.41) is 7.75. The molecule has 0 aliphatic carbocycles. The maximum atomic E-state index is 5.91. The van der Waals surface area contributed by atoms with Gasteiger partial charge in [-0.05, 0) is 74.6 Å². The second kappa shape index (κ2) is 11.7. The van der Waals surface area contributed by atoms with Crippen molar-refractivity contribution in [1.29, 1.82) is 0 Å². The van der Waals surface area contributed by atoms with Gasteiger partial charge in [0.2, 0.25) is 0 Å². The molecule has 0 bridgehead atoms. The maximum absolute atomic E-state index is 5.91. The highest BCUT2D eigenvalue weighted by atomic mass is 32.1. The van der Waals surface area contributed by atoms with Crippen LogP contribution in [-0.2, 0) is 0 Å². The molecule has 0 spiro atoms. The molecule has 3 aromatic carbocycles. The minimum atomic E-state index is 0.400. The summed E-state index contributed by atoms with van der Waals surface area (Å²) in [5.41, 5.74) is 6.88. The van der Waals surface area contributed by atoms with Crippen LogP contribution in [0, 0.1) is 13.8 Å². The first kappa shape index (κ1) is 23.1. The van der Waals surface area contributed by atoms with Gasteiger partial charge in [-0.3, -0.25) is 5.43 Å². The quantitative estimate of drug-likeness (QED) is 0.205. The predicted molar refractivity (Wildman–Crippen MR) is 133 cm³/mol. The van der Waals surface area contributed by atoms with Crippen molar-refractivity contribution in [2.45, 2.75) is 13.8 Å². The third-order valence-electron chi connectivity index (χ3n) is 4.51. The second-order valence-electron chi connectivity index (χ2n) is 7.10. The molecule has 0 atom stereocenters. The Morgan fingerprint density at radius 2 is 1.53 bits per heavy atom. The number of thiocarbonyl (C=S) groups is 1. The highest BCUT2D eigenvalue weighted by Gasteiger charge is 2.04. The third-order valence-corrected chi connectivity index (χ3v) is 4.71. The summed E-state index contributed by atoms with van der Waals surface area (Å²) in [7, 11) is 1.63. The second-order valence-corrected chi connectivity index (χ2v) is 7.51. The number of rotatable bonds is 9. The SMILES string of the molecule is COc1ccc(OCCOc2ccc(C)cc2/C=N/NC(=S)Nc2ccc(C)cc2)cc1. The average Bonchev–Trinajstić information content (AvgIpc) is 2.80. The van der Waals surface area contributed by atoms with Crippen molar-refractivity contribution in [3.8, 4) is 17.2 Å². The van der Waals surface area contributed by atoms with Crippen LogP contribution in [0.15, 0.2) is 71.8 Å². The average molecular weight is 450 g/mol. The first-order valence-corrected chi connectivity index (χ1v) is 10.6. The summed E-state index contributed by atoms with van der Waals surface area (Å²) in [6, 6.07) is 21.3. The molecule has 3 rings (SSSR count). The van der Waals surface area contributed by atoms with Crippen molar-refractivity contribution in [2.75, 3.05) is 25.6 Å². The van der Waals surface area contributed by atoms with E-state index in [0.29, 0.717) is 18.3 Å². The van der Waals surface area contributed by atoms with E-state index in [2.05, 4.69) is 15.8 Å². The minimum absolute atomic E-state index is 0.400. The van der Waals surface area contributed by atoms with Gasteiger partial charge in [-0.15, -0.1) is 0 Å². The zero-order chi connectivity index (χ0) is 22.8. The number of hydrazone groups is 1. The molecule has 2 N–H and O–H groups in total. The molecule has 32 heavy (non-hydrogen) atoms. The molecule has 0 fully saturated rings. The van der Waals surface area contributed by atoms with E-state index in [9.17, 15) is 0 Å². The molecule has 0 saturated carbocycles. The van der Waals surface area contributed by atoms with Gasteiger partial charge in [0.05, 0.1) is 13.3 Å². The monoisotopic (exact) mass is 449 g/mol. The van der Waals surface area contributed by atoms with Crippen LogP contribution in [-0.4, -0.2) is 31.7 Å². The van der Waals surface area contributed by atoms with E-state index < -0.39 is 0 Å². The smallest absolute Gasteiger partial charge is 0.191 e. The summed E-state index contributed by atoms with van der Waals surface area (Å²) < 4.78 is 16.8. The fraction of sp³-hybridized carbons (Fsp3) is 0.200. The Bertz CT molecular complexity index is 1050. The summed E-state index contributed by atoms with van der Waals surface area (Å²) in [5.74, 6) is 2.27. The fourth-order valence-electron chi connectivity index (χ4n) is 2.84. The van der Waals surface area contributed by atoms with Gasteiger partial charge in [0.25, 0.3) is 0 Å². The van der Waals surface area contributed by atoms with E-state index in [1.165, 1.54) is 5.56 Å². The molecular formula is C25H27N3O3S.